The third kappa shape index (κ3) is 5.06. The Morgan fingerprint density at radius 2 is 1.84 bits per heavy atom. The number of ether oxygens (including phenoxy) is 2. The first-order chi connectivity index (χ1) is 11.9. The summed E-state index contributed by atoms with van der Waals surface area (Å²) in [7, 11) is 2.98. The molecular weight excluding hydrogens is 389 g/mol. The predicted octanol–water partition coefficient (Wildman–Crippen LogP) is 4.50. The number of methoxy groups -OCH3 is 2. The lowest BCUT2D eigenvalue weighted by Crippen LogP contribution is -2.24. The summed E-state index contributed by atoms with van der Waals surface area (Å²) in [5.41, 5.74) is 1.43. The average molecular weight is 408 g/mol. The molecule has 0 saturated heterocycles. The van der Waals surface area contributed by atoms with Crippen molar-refractivity contribution in [2.24, 2.45) is 0 Å². The van der Waals surface area contributed by atoms with E-state index >= 15 is 0 Å². The van der Waals surface area contributed by atoms with E-state index in [1.54, 1.807) is 26.2 Å². The zero-order valence-corrected chi connectivity index (χ0v) is 15.8. The summed E-state index contributed by atoms with van der Waals surface area (Å²) < 4.78 is 24.8. The Kier molecular flexibility index (Phi) is 6.58. The Labute approximate surface area is 154 Å². The Morgan fingerprint density at radius 1 is 1.16 bits per heavy atom. The zero-order valence-electron chi connectivity index (χ0n) is 14.2. The summed E-state index contributed by atoms with van der Waals surface area (Å²) in [6.07, 6.45) is 3.08. The van der Waals surface area contributed by atoms with Crippen LogP contribution in [0.25, 0.3) is 6.08 Å². The lowest BCUT2D eigenvalue weighted by molar-refractivity contribution is -0.117. The van der Waals surface area contributed by atoms with Gasteiger partial charge in [-0.1, -0.05) is 22.0 Å². The van der Waals surface area contributed by atoms with Gasteiger partial charge in [-0.15, -0.1) is 0 Å². The van der Waals surface area contributed by atoms with Crippen LogP contribution < -0.4 is 14.8 Å². The minimum atomic E-state index is -0.462. The summed E-state index contributed by atoms with van der Waals surface area (Å²) in [5, 5.41) is 2.80. The van der Waals surface area contributed by atoms with Crippen molar-refractivity contribution in [1.29, 1.82) is 0 Å². The minimum Gasteiger partial charge on any atom is -0.496 e. The van der Waals surface area contributed by atoms with Crippen molar-refractivity contribution in [2.75, 3.05) is 14.2 Å². The standard InChI is InChI=1S/C19H19BrFNO3/c1-12(13-4-7-18(25-3)16(21)11-13)22-19(23)9-5-14-10-15(20)6-8-17(14)24-2/h4-12H,1-3H3,(H,22,23)/b9-5+/t12-/m1/s1. The van der Waals surface area contributed by atoms with Crippen molar-refractivity contribution < 1.29 is 18.7 Å². The van der Waals surface area contributed by atoms with E-state index in [4.69, 9.17) is 9.47 Å². The smallest absolute Gasteiger partial charge is 0.244 e. The van der Waals surface area contributed by atoms with E-state index in [1.807, 2.05) is 18.2 Å². The fourth-order valence-corrected chi connectivity index (χ4v) is 2.68. The molecule has 0 aromatic heterocycles. The Hall–Kier alpha value is -2.34. The quantitative estimate of drug-likeness (QED) is 0.717. The molecule has 1 atom stereocenters. The van der Waals surface area contributed by atoms with Gasteiger partial charge >= 0.3 is 0 Å². The highest BCUT2D eigenvalue weighted by molar-refractivity contribution is 9.10. The fraction of sp³-hybridized carbons (Fsp3) is 0.211. The molecule has 0 aliphatic heterocycles. The molecule has 0 fully saturated rings. The molecule has 4 nitrogen and oxygen atoms in total. The minimum absolute atomic E-state index is 0.170. The Morgan fingerprint density at radius 3 is 2.48 bits per heavy atom. The molecule has 25 heavy (non-hydrogen) atoms. The van der Waals surface area contributed by atoms with Crippen LogP contribution in [-0.2, 0) is 4.79 Å². The largest absolute Gasteiger partial charge is 0.496 e. The normalized spacial score (nSPS) is 12.0. The average Bonchev–Trinajstić information content (AvgIpc) is 2.60. The van der Waals surface area contributed by atoms with E-state index in [0.29, 0.717) is 11.3 Å². The number of nitrogens with one attached hydrogen (secondary N) is 1. The maximum Gasteiger partial charge on any atom is 0.244 e. The first-order valence-corrected chi connectivity index (χ1v) is 8.39. The maximum absolute atomic E-state index is 13.8. The number of hydrogen-bond donors (Lipinski definition) is 1. The van der Waals surface area contributed by atoms with E-state index in [1.165, 1.54) is 25.3 Å². The highest BCUT2D eigenvalue weighted by Gasteiger charge is 2.11. The molecule has 0 aliphatic carbocycles. The molecule has 0 heterocycles. The van der Waals surface area contributed by atoms with Gasteiger partial charge < -0.3 is 14.8 Å². The van der Waals surface area contributed by atoms with Gasteiger partial charge in [-0.25, -0.2) is 4.39 Å². The number of amides is 1. The van der Waals surface area contributed by atoms with Gasteiger partial charge in [-0.3, -0.25) is 4.79 Å². The molecule has 2 aromatic rings. The third-order valence-electron chi connectivity index (χ3n) is 3.64. The molecule has 0 bridgehead atoms. The first kappa shape index (κ1) is 19.0. The van der Waals surface area contributed by atoms with Gasteiger partial charge in [0.15, 0.2) is 11.6 Å². The van der Waals surface area contributed by atoms with Crippen LogP contribution >= 0.6 is 15.9 Å². The summed E-state index contributed by atoms with van der Waals surface area (Å²) in [6.45, 7) is 1.78. The van der Waals surface area contributed by atoms with Crippen LogP contribution in [0.15, 0.2) is 46.9 Å². The van der Waals surface area contributed by atoms with Crippen molar-refractivity contribution in [1.82, 2.24) is 5.32 Å². The molecular formula is C19H19BrFNO3. The second-order valence-corrected chi connectivity index (χ2v) is 6.26. The maximum atomic E-state index is 13.8. The third-order valence-corrected chi connectivity index (χ3v) is 4.13. The van der Waals surface area contributed by atoms with Gasteiger partial charge in [0.2, 0.25) is 5.91 Å². The Bertz CT molecular complexity index is 792. The van der Waals surface area contributed by atoms with Gasteiger partial charge in [0.05, 0.1) is 20.3 Å². The molecule has 132 valence electrons. The van der Waals surface area contributed by atoms with Crippen LogP contribution in [0.2, 0.25) is 0 Å². The molecule has 1 N–H and O–H groups in total. The second kappa shape index (κ2) is 8.67. The van der Waals surface area contributed by atoms with Crippen molar-refractivity contribution in [2.45, 2.75) is 13.0 Å². The number of carbonyl (C=O) groups excluding carboxylic acids is 1. The molecule has 0 saturated carbocycles. The second-order valence-electron chi connectivity index (χ2n) is 5.34. The predicted molar refractivity (Wildman–Crippen MR) is 99.2 cm³/mol. The monoisotopic (exact) mass is 407 g/mol. The van der Waals surface area contributed by atoms with Crippen molar-refractivity contribution in [3.8, 4) is 11.5 Å². The van der Waals surface area contributed by atoms with Crippen molar-refractivity contribution in [3.63, 3.8) is 0 Å². The molecule has 0 spiro atoms. The number of carbonyl (C=O) groups is 1. The molecule has 0 unspecified atom stereocenters. The topological polar surface area (TPSA) is 47.6 Å². The lowest BCUT2D eigenvalue weighted by atomic mass is 10.1. The summed E-state index contributed by atoms with van der Waals surface area (Å²) in [5.74, 6) is 0.0858. The van der Waals surface area contributed by atoms with E-state index in [2.05, 4.69) is 21.2 Å². The van der Waals surface area contributed by atoms with Gasteiger partial charge in [0, 0.05) is 16.1 Å². The number of benzene rings is 2. The molecule has 1 amide bonds. The lowest BCUT2D eigenvalue weighted by Gasteiger charge is -2.14. The van der Waals surface area contributed by atoms with Gasteiger partial charge in [0.25, 0.3) is 0 Å². The van der Waals surface area contributed by atoms with Crippen molar-refractivity contribution >= 4 is 27.9 Å². The molecule has 6 heteroatoms. The summed E-state index contributed by atoms with van der Waals surface area (Å²) in [4.78, 5) is 12.1. The molecule has 0 aliphatic rings. The Balaban J connectivity index is 2.07. The van der Waals surface area contributed by atoms with E-state index in [0.717, 1.165) is 10.0 Å². The highest BCUT2D eigenvalue weighted by Crippen LogP contribution is 2.24. The van der Waals surface area contributed by atoms with Crippen molar-refractivity contribution in [3.05, 3.63) is 63.9 Å². The van der Waals surface area contributed by atoms with E-state index < -0.39 is 5.82 Å². The van der Waals surface area contributed by atoms with Crippen LogP contribution in [0.5, 0.6) is 11.5 Å². The van der Waals surface area contributed by atoms with Gasteiger partial charge in [-0.05, 0) is 48.9 Å². The number of halogens is 2. The van der Waals surface area contributed by atoms with Crippen LogP contribution in [0, 0.1) is 5.82 Å². The van der Waals surface area contributed by atoms with Crippen LogP contribution in [-0.4, -0.2) is 20.1 Å². The van der Waals surface area contributed by atoms with Gasteiger partial charge in [-0.2, -0.15) is 0 Å². The van der Waals surface area contributed by atoms with Crippen LogP contribution in [0.1, 0.15) is 24.1 Å². The fourth-order valence-electron chi connectivity index (χ4n) is 2.30. The van der Waals surface area contributed by atoms with E-state index in [9.17, 15) is 9.18 Å². The van der Waals surface area contributed by atoms with Crippen LogP contribution in [0.3, 0.4) is 0 Å². The first-order valence-electron chi connectivity index (χ1n) is 7.60. The highest BCUT2D eigenvalue weighted by atomic mass is 79.9. The number of hydrogen-bond acceptors (Lipinski definition) is 3. The summed E-state index contributed by atoms with van der Waals surface area (Å²) in [6, 6.07) is 9.78. The molecule has 2 aromatic carbocycles. The van der Waals surface area contributed by atoms with Crippen LogP contribution in [0.4, 0.5) is 4.39 Å². The van der Waals surface area contributed by atoms with Gasteiger partial charge in [0.1, 0.15) is 5.75 Å². The summed E-state index contributed by atoms with van der Waals surface area (Å²) >= 11 is 3.39. The number of rotatable bonds is 6. The van der Waals surface area contributed by atoms with E-state index in [-0.39, 0.29) is 17.7 Å². The molecule has 0 radical (unpaired) electrons. The SMILES string of the molecule is COc1ccc([C@@H](C)NC(=O)/C=C/c2cc(Br)ccc2OC)cc1F. The zero-order chi connectivity index (χ0) is 18.4. The molecule has 2 rings (SSSR count).